The Labute approximate surface area is 141 Å². The van der Waals surface area contributed by atoms with Crippen LogP contribution >= 0.6 is 0 Å². The summed E-state index contributed by atoms with van der Waals surface area (Å²) in [5.74, 6) is 5.26. The average molecular weight is 341 g/mol. The van der Waals surface area contributed by atoms with Crippen molar-refractivity contribution in [3.05, 3.63) is 76.9 Å². The number of aliphatic imine (C=N–C) groups is 1. The second-order valence-corrected chi connectivity index (χ2v) is 5.49. The molecular formula is C17H13F2N5O. The highest BCUT2D eigenvalue weighted by atomic mass is 19.1. The Kier molecular flexibility index (Phi) is 3.83. The molecule has 0 radical (unpaired) electrons. The summed E-state index contributed by atoms with van der Waals surface area (Å²) in [4.78, 5) is 9.13. The van der Waals surface area contributed by atoms with Gasteiger partial charge in [-0.15, -0.1) is 10.2 Å². The molecule has 0 bridgehead atoms. The van der Waals surface area contributed by atoms with E-state index in [-0.39, 0.29) is 13.2 Å². The van der Waals surface area contributed by atoms with Crippen LogP contribution in [0, 0.1) is 11.6 Å². The summed E-state index contributed by atoms with van der Waals surface area (Å²) in [6, 6.07) is 10.5. The van der Waals surface area contributed by atoms with E-state index in [4.69, 9.17) is 5.90 Å². The summed E-state index contributed by atoms with van der Waals surface area (Å²) in [5, 5.41) is 8.13. The van der Waals surface area contributed by atoms with E-state index in [0.717, 1.165) is 0 Å². The number of benzene rings is 2. The van der Waals surface area contributed by atoms with Gasteiger partial charge in [0, 0.05) is 11.1 Å². The van der Waals surface area contributed by atoms with Crippen LogP contribution in [0.1, 0.15) is 22.8 Å². The number of hydrogen-bond acceptors (Lipinski definition) is 5. The number of nitrogens with zero attached hydrogens (tertiary/aromatic N) is 4. The van der Waals surface area contributed by atoms with Gasteiger partial charge in [0.05, 0.1) is 11.4 Å². The minimum absolute atomic E-state index is 0.0266. The van der Waals surface area contributed by atoms with E-state index in [1.165, 1.54) is 18.2 Å². The molecule has 0 unspecified atom stereocenters. The molecule has 0 spiro atoms. The molecule has 2 heterocycles. The maximum Gasteiger partial charge on any atom is 0.165 e. The minimum Gasteiger partial charge on any atom is -0.296 e. The molecule has 0 amide bonds. The van der Waals surface area contributed by atoms with Crippen LogP contribution in [0.3, 0.4) is 0 Å². The zero-order valence-corrected chi connectivity index (χ0v) is 13.0. The Hall–Kier alpha value is -2.97. The van der Waals surface area contributed by atoms with Crippen molar-refractivity contribution in [1.29, 1.82) is 0 Å². The van der Waals surface area contributed by atoms with Gasteiger partial charge in [0.25, 0.3) is 0 Å². The van der Waals surface area contributed by atoms with Gasteiger partial charge >= 0.3 is 0 Å². The van der Waals surface area contributed by atoms with Crippen LogP contribution in [-0.4, -0.2) is 20.5 Å². The summed E-state index contributed by atoms with van der Waals surface area (Å²) in [7, 11) is 0. The van der Waals surface area contributed by atoms with Gasteiger partial charge in [0.15, 0.2) is 11.6 Å². The third kappa shape index (κ3) is 2.61. The van der Waals surface area contributed by atoms with E-state index in [1.54, 1.807) is 28.8 Å². The highest BCUT2D eigenvalue weighted by Gasteiger charge is 2.24. The van der Waals surface area contributed by atoms with Crippen molar-refractivity contribution in [3.8, 4) is 5.69 Å². The van der Waals surface area contributed by atoms with Gasteiger partial charge < -0.3 is 0 Å². The summed E-state index contributed by atoms with van der Waals surface area (Å²) in [5.41, 5.74) is 1.69. The number of halogens is 2. The molecular weight excluding hydrogens is 328 g/mol. The molecule has 0 atom stereocenters. The fraction of sp³-hybridized carbons (Fsp3) is 0.118. The smallest absolute Gasteiger partial charge is 0.165 e. The molecule has 1 aliphatic rings. The molecule has 126 valence electrons. The second kappa shape index (κ2) is 6.15. The molecule has 6 nitrogen and oxygen atoms in total. The molecule has 1 aliphatic heterocycles. The van der Waals surface area contributed by atoms with Crippen LogP contribution in [-0.2, 0) is 18.0 Å². The zero-order chi connectivity index (χ0) is 17.4. The van der Waals surface area contributed by atoms with E-state index < -0.39 is 11.6 Å². The Morgan fingerprint density at radius 2 is 1.92 bits per heavy atom. The summed E-state index contributed by atoms with van der Waals surface area (Å²) in [6.07, 6.45) is 0. The van der Waals surface area contributed by atoms with Crippen molar-refractivity contribution in [2.24, 2.45) is 10.9 Å². The number of nitrogens with two attached hydrogens (primary N) is 1. The van der Waals surface area contributed by atoms with Crippen LogP contribution < -0.4 is 5.90 Å². The molecule has 3 aromatic rings. The van der Waals surface area contributed by atoms with E-state index in [2.05, 4.69) is 20.0 Å². The van der Waals surface area contributed by atoms with Gasteiger partial charge in [-0.3, -0.25) is 14.4 Å². The van der Waals surface area contributed by atoms with Crippen molar-refractivity contribution in [2.75, 3.05) is 0 Å². The average Bonchev–Trinajstić information content (AvgIpc) is 2.92. The number of aromatic nitrogens is 3. The Morgan fingerprint density at radius 3 is 2.72 bits per heavy atom. The third-order valence-electron chi connectivity index (χ3n) is 3.97. The molecule has 2 aromatic carbocycles. The number of rotatable bonds is 3. The summed E-state index contributed by atoms with van der Waals surface area (Å²) < 4.78 is 30.0. The highest BCUT2D eigenvalue weighted by molar-refractivity contribution is 6.15. The first kappa shape index (κ1) is 15.6. The van der Waals surface area contributed by atoms with Crippen LogP contribution in [0.5, 0.6) is 0 Å². The maximum absolute atomic E-state index is 14.3. The zero-order valence-electron chi connectivity index (χ0n) is 13.0. The fourth-order valence-corrected chi connectivity index (χ4v) is 2.91. The van der Waals surface area contributed by atoms with Gasteiger partial charge in [-0.1, -0.05) is 12.1 Å². The molecule has 0 saturated heterocycles. The molecule has 8 heteroatoms. The van der Waals surface area contributed by atoms with Crippen molar-refractivity contribution < 1.29 is 13.6 Å². The highest BCUT2D eigenvalue weighted by Crippen LogP contribution is 2.27. The normalized spacial score (nSPS) is 13.0. The second-order valence-electron chi connectivity index (χ2n) is 5.49. The summed E-state index contributed by atoms with van der Waals surface area (Å²) >= 11 is 0. The molecule has 1 aromatic heterocycles. The van der Waals surface area contributed by atoms with E-state index in [1.807, 2.05) is 0 Å². The molecule has 0 saturated carbocycles. The monoisotopic (exact) mass is 341 g/mol. The van der Waals surface area contributed by atoms with Gasteiger partial charge in [0.2, 0.25) is 0 Å². The lowest BCUT2D eigenvalue weighted by Crippen LogP contribution is -2.12. The number of fused-ring (bicyclic) bond motifs is 3. The lowest BCUT2D eigenvalue weighted by molar-refractivity contribution is 0.117. The topological polar surface area (TPSA) is 78.3 Å². The van der Waals surface area contributed by atoms with Crippen molar-refractivity contribution in [3.63, 3.8) is 0 Å². The van der Waals surface area contributed by atoms with Gasteiger partial charge in [-0.25, -0.2) is 14.7 Å². The largest absolute Gasteiger partial charge is 0.296 e. The molecule has 2 N–H and O–H groups in total. The van der Waals surface area contributed by atoms with Gasteiger partial charge in [-0.05, 0) is 30.3 Å². The molecule has 25 heavy (non-hydrogen) atoms. The lowest BCUT2D eigenvalue weighted by atomic mass is 10.00. The SMILES string of the molecule is NOCc1nnc2n1-c1ccc(F)cc1C(c1ccccc1F)=NC2. The Bertz CT molecular complexity index is 983. The molecule has 4 rings (SSSR count). The van der Waals surface area contributed by atoms with Crippen molar-refractivity contribution in [1.82, 2.24) is 14.8 Å². The van der Waals surface area contributed by atoms with Crippen LogP contribution in [0.4, 0.5) is 8.78 Å². The van der Waals surface area contributed by atoms with Crippen molar-refractivity contribution >= 4 is 5.71 Å². The number of hydrogen-bond donors (Lipinski definition) is 1. The summed E-state index contributed by atoms with van der Waals surface area (Å²) in [6.45, 7) is 0.191. The first-order valence-electron chi connectivity index (χ1n) is 7.53. The van der Waals surface area contributed by atoms with Crippen molar-refractivity contribution in [2.45, 2.75) is 13.2 Å². The molecule has 0 fully saturated rings. The predicted molar refractivity (Wildman–Crippen MR) is 86.0 cm³/mol. The fourth-order valence-electron chi connectivity index (χ4n) is 2.91. The Balaban J connectivity index is 1.98. The molecule has 0 aliphatic carbocycles. The quantitative estimate of drug-likeness (QED) is 0.742. The lowest BCUT2D eigenvalue weighted by Gasteiger charge is -2.13. The van der Waals surface area contributed by atoms with Gasteiger partial charge in [0.1, 0.15) is 24.8 Å². The van der Waals surface area contributed by atoms with Crippen LogP contribution in [0.2, 0.25) is 0 Å². The van der Waals surface area contributed by atoms with E-state index in [0.29, 0.717) is 34.2 Å². The van der Waals surface area contributed by atoms with E-state index in [9.17, 15) is 8.78 Å². The first-order valence-corrected chi connectivity index (χ1v) is 7.53. The van der Waals surface area contributed by atoms with Crippen LogP contribution in [0.25, 0.3) is 5.69 Å². The van der Waals surface area contributed by atoms with E-state index >= 15 is 0 Å². The minimum atomic E-state index is -0.448. The Morgan fingerprint density at radius 1 is 1.08 bits per heavy atom. The predicted octanol–water partition coefficient (Wildman–Crippen LogP) is 2.29. The standard InChI is InChI=1S/C17H13F2N5O/c18-10-5-6-14-12(7-10)17(11-3-1-2-4-13(11)19)21-8-15-22-23-16(9-25-20)24(14)15/h1-7H,8-9,20H2. The van der Waals surface area contributed by atoms with Crippen LogP contribution in [0.15, 0.2) is 47.5 Å². The maximum atomic E-state index is 14.3. The van der Waals surface area contributed by atoms with Gasteiger partial charge in [-0.2, -0.15) is 0 Å². The first-order chi connectivity index (χ1) is 12.2. The third-order valence-corrected chi connectivity index (χ3v) is 3.97.